The first-order valence-electron chi connectivity index (χ1n) is 3.17. The Bertz CT molecular complexity index is 516. The summed E-state index contributed by atoms with van der Waals surface area (Å²) in [5, 5.41) is 18.7. The Morgan fingerprint density at radius 2 is 1.87 bits per heavy atom. The van der Waals surface area contributed by atoms with E-state index in [1.54, 1.807) is 9.97 Å². The van der Waals surface area contributed by atoms with Crippen LogP contribution < -0.4 is 11.2 Å². The number of nitro groups is 1. The summed E-state index contributed by atoms with van der Waals surface area (Å²) in [7, 11) is 0. The molecular weight excluding hydrogens is 237 g/mol. The second-order valence-electron chi connectivity index (χ2n) is 2.19. The van der Waals surface area contributed by atoms with E-state index < -0.39 is 33.5 Å². The van der Waals surface area contributed by atoms with Crippen LogP contribution in [-0.4, -0.2) is 77.4 Å². The van der Waals surface area contributed by atoms with E-state index in [1.807, 2.05) is 0 Å². The van der Waals surface area contributed by atoms with Gasteiger partial charge >= 0.3 is 74.3 Å². The average Bonchev–Trinajstić information content (AvgIpc) is 2.01. The summed E-state index contributed by atoms with van der Waals surface area (Å²) in [5.74, 6) is -1.75. The van der Waals surface area contributed by atoms with Crippen LogP contribution in [0.3, 0.4) is 0 Å². The van der Waals surface area contributed by atoms with Crippen molar-refractivity contribution in [3.05, 3.63) is 36.6 Å². The second-order valence-corrected chi connectivity index (χ2v) is 2.19. The standard InChI is InChI=1S/C5H3N3O6.K.H/c9-3-2(8(13)14)1(4(10)11)6-5(12)7-3;;/h(H,10,11)(H2,6,7,9,12);;. The molecule has 1 aromatic heterocycles. The van der Waals surface area contributed by atoms with E-state index in [9.17, 15) is 24.5 Å². The zero-order valence-corrected chi connectivity index (χ0v) is 6.44. The quantitative estimate of drug-likeness (QED) is 0.310. The van der Waals surface area contributed by atoms with E-state index in [0.29, 0.717) is 0 Å². The molecule has 10 heteroatoms. The van der Waals surface area contributed by atoms with Gasteiger partial charge in [-0.1, -0.05) is 0 Å². The zero-order chi connectivity index (χ0) is 10.9. The molecule has 0 amide bonds. The van der Waals surface area contributed by atoms with Crippen molar-refractivity contribution >= 4 is 63.0 Å². The molecule has 0 saturated carbocycles. The summed E-state index contributed by atoms with van der Waals surface area (Å²) < 4.78 is 0. The molecule has 9 nitrogen and oxygen atoms in total. The number of carboxylic acids is 1. The molecule has 0 bridgehead atoms. The Morgan fingerprint density at radius 1 is 1.33 bits per heavy atom. The molecule has 76 valence electrons. The molecule has 15 heavy (non-hydrogen) atoms. The molecule has 0 fully saturated rings. The fraction of sp³-hybridized carbons (Fsp3) is 0. The summed E-state index contributed by atoms with van der Waals surface area (Å²) >= 11 is 0. The molecule has 0 aliphatic carbocycles. The molecule has 1 aromatic rings. The van der Waals surface area contributed by atoms with Crippen molar-refractivity contribution in [3.63, 3.8) is 0 Å². The first kappa shape index (κ1) is 14.2. The van der Waals surface area contributed by atoms with Crippen LogP contribution in [0.15, 0.2) is 9.59 Å². The summed E-state index contributed by atoms with van der Waals surface area (Å²) in [6.45, 7) is 0. The number of rotatable bonds is 2. The number of H-pyrrole nitrogens is 2. The number of carboxylic acid groups (broad SMARTS) is 1. The van der Waals surface area contributed by atoms with E-state index in [0.717, 1.165) is 0 Å². The zero-order valence-electron chi connectivity index (χ0n) is 6.44. The number of carbonyl (C=O) groups is 1. The molecule has 1 rings (SSSR count). The van der Waals surface area contributed by atoms with Crippen LogP contribution in [0.1, 0.15) is 10.5 Å². The number of hydrogen-bond donors (Lipinski definition) is 3. The van der Waals surface area contributed by atoms with Crippen LogP contribution in [0.25, 0.3) is 0 Å². The third kappa shape index (κ3) is 3.07. The molecular formula is C5H4KN3O6. The summed E-state index contributed by atoms with van der Waals surface area (Å²) in [4.78, 5) is 44.1. The van der Waals surface area contributed by atoms with Gasteiger partial charge < -0.3 is 5.11 Å². The molecule has 1 heterocycles. The van der Waals surface area contributed by atoms with Crippen molar-refractivity contribution in [1.29, 1.82) is 0 Å². The predicted molar refractivity (Wildman–Crippen MR) is 48.4 cm³/mol. The van der Waals surface area contributed by atoms with Gasteiger partial charge in [0.05, 0.1) is 4.92 Å². The second kappa shape index (κ2) is 5.32. The maximum atomic E-state index is 10.8. The Labute approximate surface area is 123 Å². The fourth-order valence-corrected chi connectivity index (χ4v) is 0.809. The van der Waals surface area contributed by atoms with Gasteiger partial charge in [-0.05, 0) is 0 Å². The topological polar surface area (TPSA) is 146 Å². The third-order valence-electron chi connectivity index (χ3n) is 1.31. The SMILES string of the molecule is O=C(O)c1[nH]c(=O)[nH]c(=O)c1[N+](=O)[O-].[KH]. The Morgan fingerprint density at radius 3 is 2.27 bits per heavy atom. The molecule has 0 aliphatic rings. The molecule has 0 atom stereocenters. The fourth-order valence-electron chi connectivity index (χ4n) is 0.809. The molecule has 0 radical (unpaired) electrons. The molecule has 0 saturated heterocycles. The van der Waals surface area contributed by atoms with Gasteiger partial charge in [0.15, 0.2) is 0 Å². The number of nitrogens with one attached hydrogen (secondary N) is 2. The molecule has 0 aliphatic heterocycles. The van der Waals surface area contributed by atoms with Gasteiger partial charge in [0.25, 0.3) is 0 Å². The maximum absolute atomic E-state index is 10.8. The monoisotopic (exact) mass is 241 g/mol. The summed E-state index contributed by atoms with van der Waals surface area (Å²) in [5.41, 5.74) is -4.70. The van der Waals surface area contributed by atoms with Gasteiger partial charge in [0, 0.05) is 0 Å². The van der Waals surface area contributed by atoms with Crippen LogP contribution in [0, 0.1) is 10.1 Å². The Hall–Kier alpha value is -0.814. The van der Waals surface area contributed by atoms with Gasteiger partial charge in [-0.25, -0.2) is 9.59 Å². The molecule has 0 unspecified atom stereocenters. The average molecular weight is 241 g/mol. The van der Waals surface area contributed by atoms with Crippen LogP contribution >= 0.6 is 0 Å². The number of hydrogen-bond acceptors (Lipinski definition) is 5. The van der Waals surface area contributed by atoms with Gasteiger partial charge in [-0.2, -0.15) is 0 Å². The van der Waals surface area contributed by atoms with E-state index in [4.69, 9.17) is 5.11 Å². The minimum absolute atomic E-state index is 0. The van der Waals surface area contributed by atoms with Crippen LogP contribution in [0.4, 0.5) is 5.69 Å². The molecule has 3 N–H and O–H groups in total. The van der Waals surface area contributed by atoms with Crippen molar-refractivity contribution in [2.75, 3.05) is 0 Å². The van der Waals surface area contributed by atoms with Gasteiger partial charge in [-0.15, -0.1) is 0 Å². The van der Waals surface area contributed by atoms with Crippen molar-refractivity contribution in [3.8, 4) is 0 Å². The van der Waals surface area contributed by atoms with E-state index in [1.165, 1.54) is 0 Å². The normalized spacial score (nSPS) is 9.07. The Kier molecular flexibility index (Phi) is 5.03. The van der Waals surface area contributed by atoms with Gasteiger partial charge in [0.1, 0.15) is 0 Å². The predicted octanol–water partition coefficient (Wildman–Crippen LogP) is -1.98. The minimum atomic E-state index is -1.75. The van der Waals surface area contributed by atoms with E-state index in [-0.39, 0.29) is 51.4 Å². The summed E-state index contributed by atoms with van der Waals surface area (Å²) in [6.07, 6.45) is 0. The molecule has 0 spiro atoms. The van der Waals surface area contributed by atoms with E-state index in [2.05, 4.69) is 0 Å². The Balaban J connectivity index is 0.00000196. The first-order chi connectivity index (χ1) is 6.43. The summed E-state index contributed by atoms with van der Waals surface area (Å²) in [6, 6.07) is 0. The van der Waals surface area contributed by atoms with Crippen LogP contribution in [-0.2, 0) is 0 Å². The van der Waals surface area contributed by atoms with Crippen molar-refractivity contribution in [1.82, 2.24) is 9.97 Å². The van der Waals surface area contributed by atoms with Crippen LogP contribution in [0.2, 0.25) is 0 Å². The van der Waals surface area contributed by atoms with Gasteiger partial charge in [0.2, 0.25) is 5.69 Å². The first-order valence-corrected chi connectivity index (χ1v) is 3.17. The van der Waals surface area contributed by atoms with Gasteiger partial charge in [-0.3, -0.25) is 24.9 Å². The number of aromatic amines is 2. The number of nitrogens with zero attached hydrogens (tertiary/aromatic N) is 1. The number of aromatic carboxylic acids is 1. The molecule has 0 aromatic carbocycles. The number of aromatic nitrogens is 2. The van der Waals surface area contributed by atoms with Crippen LogP contribution in [0.5, 0.6) is 0 Å². The van der Waals surface area contributed by atoms with E-state index >= 15 is 0 Å². The van der Waals surface area contributed by atoms with Crippen molar-refractivity contribution in [2.45, 2.75) is 0 Å². The van der Waals surface area contributed by atoms with Crippen molar-refractivity contribution < 1.29 is 14.8 Å². The third-order valence-corrected chi connectivity index (χ3v) is 1.31. The van der Waals surface area contributed by atoms with Crippen molar-refractivity contribution in [2.24, 2.45) is 0 Å².